The van der Waals surface area contributed by atoms with Gasteiger partial charge < -0.3 is 10.4 Å². The van der Waals surface area contributed by atoms with E-state index < -0.39 is 17.3 Å². The lowest BCUT2D eigenvalue weighted by Crippen LogP contribution is -2.39. The molecular weight excluding hydrogens is 258 g/mol. The Morgan fingerprint density at radius 3 is 2.56 bits per heavy atom. The summed E-state index contributed by atoms with van der Waals surface area (Å²) in [5.74, 6) is -1.46. The minimum absolute atomic E-state index is 0.00182. The number of hydrogen-bond acceptors (Lipinski definition) is 4. The first kappa shape index (κ1) is 14.4. The maximum atomic E-state index is 11.8. The SMILES string of the molecule is Cc1cc(C(=O)NCC(C)(C)C(=O)O)nc(Cl)n1. The second kappa shape index (κ2) is 5.30. The normalized spacial score (nSPS) is 11.1. The second-order valence-corrected chi connectivity index (χ2v) is 4.87. The number of carbonyl (C=O) groups excluding carboxylic acids is 1. The molecule has 0 saturated heterocycles. The number of nitrogens with one attached hydrogen (secondary N) is 1. The third-order valence-corrected chi connectivity index (χ3v) is 2.50. The number of nitrogens with zero attached hydrogens (tertiary/aromatic N) is 2. The van der Waals surface area contributed by atoms with Crippen molar-refractivity contribution in [2.24, 2.45) is 5.41 Å². The molecule has 0 unspecified atom stereocenters. The summed E-state index contributed by atoms with van der Waals surface area (Å²) < 4.78 is 0. The quantitative estimate of drug-likeness (QED) is 0.805. The van der Waals surface area contributed by atoms with Crippen molar-refractivity contribution in [3.8, 4) is 0 Å². The first-order valence-electron chi connectivity index (χ1n) is 5.25. The van der Waals surface area contributed by atoms with Crippen molar-refractivity contribution in [1.82, 2.24) is 15.3 Å². The predicted octanol–water partition coefficient (Wildman–Crippen LogP) is 1.28. The van der Waals surface area contributed by atoms with E-state index in [0.29, 0.717) is 5.69 Å². The molecule has 0 aliphatic rings. The van der Waals surface area contributed by atoms with Gasteiger partial charge >= 0.3 is 5.97 Å². The van der Waals surface area contributed by atoms with Gasteiger partial charge in [-0.25, -0.2) is 9.97 Å². The number of aryl methyl sites for hydroxylation is 1. The fourth-order valence-corrected chi connectivity index (χ4v) is 1.34. The topological polar surface area (TPSA) is 92.2 Å². The third kappa shape index (κ3) is 3.66. The van der Waals surface area contributed by atoms with Crippen LogP contribution in [0.5, 0.6) is 0 Å². The lowest BCUT2D eigenvalue weighted by atomic mass is 9.94. The molecule has 1 heterocycles. The van der Waals surface area contributed by atoms with Crippen LogP contribution in [0.3, 0.4) is 0 Å². The van der Waals surface area contributed by atoms with Gasteiger partial charge in [-0.2, -0.15) is 0 Å². The van der Waals surface area contributed by atoms with E-state index in [4.69, 9.17) is 16.7 Å². The molecule has 98 valence electrons. The molecule has 6 nitrogen and oxygen atoms in total. The number of aliphatic carboxylic acids is 1. The summed E-state index contributed by atoms with van der Waals surface area (Å²) in [7, 11) is 0. The summed E-state index contributed by atoms with van der Waals surface area (Å²) in [6.07, 6.45) is 0. The Balaban J connectivity index is 2.75. The number of aromatic nitrogens is 2. The summed E-state index contributed by atoms with van der Waals surface area (Å²) in [5.41, 5.74) is -0.354. The molecule has 1 aromatic rings. The van der Waals surface area contributed by atoms with Crippen LogP contribution in [0.1, 0.15) is 30.0 Å². The van der Waals surface area contributed by atoms with Crippen molar-refractivity contribution in [3.05, 3.63) is 22.7 Å². The molecule has 0 saturated carbocycles. The van der Waals surface area contributed by atoms with Gasteiger partial charge in [0.15, 0.2) is 0 Å². The van der Waals surface area contributed by atoms with E-state index in [9.17, 15) is 9.59 Å². The van der Waals surface area contributed by atoms with Crippen LogP contribution in [0.4, 0.5) is 0 Å². The smallest absolute Gasteiger partial charge is 0.310 e. The highest BCUT2D eigenvalue weighted by atomic mass is 35.5. The van der Waals surface area contributed by atoms with Crippen molar-refractivity contribution >= 4 is 23.5 Å². The highest BCUT2D eigenvalue weighted by Crippen LogP contribution is 2.13. The maximum absolute atomic E-state index is 11.8. The van der Waals surface area contributed by atoms with Gasteiger partial charge in [-0.3, -0.25) is 9.59 Å². The Labute approximate surface area is 109 Å². The summed E-state index contributed by atoms with van der Waals surface area (Å²) in [6, 6.07) is 1.48. The minimum atomic E-state index is -1.04. The summed E-state index contributed by atoms with van der Waals surface area (Å²) in [6.45, 7) is 4.73. The van der Waals surface area contributed by atoms with Crippen LogP contribution in [0.2, 0.25) is 5.28 Å². The summed E-state index contributed by atoms with van der Waals surface area (Å²) >= 11 is 5.64. The molecule has 0 bridgehead atoms. The molecule has 0 aliphatic heterocycles. The molecule has 2 N–H and O–H groups in total. The second-order valence-electron chi connectivity index (χ2n) is 4.54. The zero-order chi connectivity index (χ0) is 13.9. The number of halogens is 1. The molecule has 7 heteroatoms. The third-order valence-electron chi connectivity index (χ3n) is 2.33. The molecule has 0 fully saturated rings. The van der Waals surface area contributed by atoms with E-state index in [1.165, 1.54) is 19.9 Å². The molecule has 1 rings (SSSR count). The highest BCUT2D eigenvalue weighted by molar-refractivity contribution is 6.28. The van der Waals surface area contributed by atoms with Crippen molar-refractivity contribution < 1.29 is 14.7 Å². The van der Waals surface area contributed by atoms with E-state index in [-0.39, 0.29) is 17.5 Å². The van der Waals surface area contributed by atoms with Crippen molar-refractivity contribution in [2.75, 3.05) is 6.54 Å². The van der Waals surface area contributed by atoms with Crippen LogP contribution in [-0.4, -0.2) is 33.5 Å². The van der Waals surface area contributed by atoms with Gasteiger partial charge in [0, 0.05) is 12.2 Å². The molecule has 0 aliphatic carbocycles. The van der Waals surface area contributed by atoms with E-state index in [2.05, 4.69) is 15.3 Å². The molecule has 18 heavy (non-hydrogen) atoms. The zero-order valence-electron chi connectivity index (χ0n) is 10.3. The predicted molar refractivity (Wildman–Crippen MR) is 65.5 cm³/mol. The number of amides is 1. The first-order valence-corrected chi connectivity index (χ1v) is 5.63. The molecule has 0 atom stereocenters. The maximum Gasteiger partial charge on any atom is 0.310 e. The monoisotopic (exact) mass is 271 g/mol. The summed E-state index contributed by atoms with van der Waals surface area (Å²) in [4.78, 5) is 30.3. The minimum Gasteiger partial charge on any atom is -0.481 e. The van der Waals surface area contributed by atoms with Crippen molar-refractivity contribution in [3.63, 3.8) is 0 Å². The fourth-order valence-electron chi connectivity index (χ4n) is 1.12. The van der Waals surface area contributed by atoms with E-state index in [1.54, 1.807) is 6.92 Å². The highest BCUT2D eigenvalue weighted by Gasteiger charge is 2.27. The van der Waals surface area contributed by atoms with Gasteiger partial charge in [-0.15, -0.1) is 0 Å². The van der Waals surface area contributed by atoms with Gasteiger partial charge in [-0.1, -0.05) is 0 Å². The molecule has 0 aromatic carbocycles. The first-order chi connectivity index (χ1) is 8.22. The molecule has 0 spiro atoms. The number of carboxylic acid groups (broad SMARTS) is 1. The van der Waals surface area contributed by atoms with Crippen LogP contribution in [0.25, 0.3) is 0 Å². The van der Waals surface area contributed by atoms with Crippen molar-refractivity contribution in [2.45, 2.75) is 20.8 Å². The molecular formula is C11H14ClN3O3. The van der Waals surface area contributed by atoms with Gasteiger partial charge in [0.1, 0.15) is 5.69 Å². The summed E-state index contributed by atoms with van der Waals surface area (Å²) in [5, 5.41) is 11.4. The average molecular weight is 272 g/mol. The Morgan fingerprint density at radius 1 is 1.44 bits per heavy atom. The van der Waals surface area contributed by atoms with Crippen LogP contribution in [0, 0.1) is 12.3 Å². The van der Waals surface area contributed by atoms with Gasteiger partial charge in [0.05, 0.1) is 5.41 Å². The number of carbonyl (C=O) groups is 2. The molecule has 1 aromatic heterocycles. The Hall–Kier alpha value is -1.69. The van der Waals surface area contributed by atoms with Crippen molar-refractivity contribution in [1.29, 1.82) is 0 Å². The number of carboxylic acids is 1. The largest absolute Gasteiger partial charge is 0.481 e. The van der Waals surface area contributed by atoms with Gasteiger partial charge in [-0.05, 0) is 38.4 Å². The van der Waals surface area contributed by atoms with Gasteiger partial charge in [0.2, 0.25) is 5.28 Å². The Kier molecular flexibility index (Phi) is 4.24. The van der Waals surface area contributed by atoms with E-state index in [1.807, 2.05) is 0 Å². The average Bonchev–Trinajstić information content (AvgIpc) is 2.24. The van der Waals surface area contributed by atoms with Gasteiger partial charge in [0.25, 0.3) is 5.91 Å². The van der Waals surface area contributed by atoms with Crippen LogP contribution >= 0.6 is 11.6 Å². The Morgan fingerprint density at radius 2 is 2.06 bits per heavy atom. The number of rotatable bonds is 4. The van der Waals surface area contributed by atoms with Crippen LogP contribution in [-0.2, 0) is 4.79 Å². The van der Waals surface area contributed by atoms with Crippen LogP contribution in [0.15, 0.2) is 6.07 Å². The fraction of sp³-hybridized carbons (Fsp3) is 0.455. The Bertz CT molecular complexity index is 468. The number of hydrogen-bond donors (Lipinski definition) is 2. The molecule has 1 amide bonds. The zero-order valence-corrected chi connectivity index (χ0v) is 11.1. The lowest BCUT2D eigenvalue weighted by molar-refractivity contribution is -0.146. The standard InChI is InChI=1S/C11H14ClN3O3/c1-6-4-7(15-10(12)14-6)8(16)13-5-11(2,3)9(17)18/h4H,5H2,1-3H3,(H,13,16)(H,17,18). The lowest BCUT2D eigenvalue weighted by Gasteiger charge is -2.19. The van der Waals surface area contributed by atoms with E-state index >= 15 is 0 Å². The van der Waals surface area contributed by atoms with E-state index in [0.717, 1.165) is 0 Å². The van der Waals surface area contributed by atoms with Crippen LogP contribution < -0.4 is 5.32 Å². The molecule has 0 radical (unpaired) electrons.